The van der Waals surface area contributed by atoms with E-state index in [-0.39, 0.29) is 5.95 Å². The third kappa shape index (κ3) is 7.64. The number of alkyl halides is 3. The van der Waals surface area contributed by atoms with Crippen LogP contribution in [0.15, 0.2) is 67.5 Å². The number of anilines is 6. The molecule has 44 heavy (non-hydrogen) atoms. The van der Waals surface area contributed by atoms with Gasteiger partial charge in [0.25, 0.3) is 0 Å². The fourth-order valence-corrected chi connectivity index (χ4v) is 4.27. The fourth-order valence-electron chi connectivity index (χ4n) is 4.27. The molecule has 2 heterocycles. The maximum atomic E-state index is 14.1. The molecule has 11 nitrogen and oxygen atoms in total. The van der Waals surface area contributed by atoms with Crippen LogP contribution < -0.4 is 25.6 Å². The number of methoxy groups -OCH3 is 1. The van der Waals surface area contributed by atoms with Crippen LogP contribution in [0.4, 0.5) is 47.7 Å². The van der Waals surface area contributed by atoms with Gasteiger partial charge in [-0.3, -0.25) is 9.48 Å². The molecule has 0 saturated carbocycles. The van der Waals surface area contributed by atoms with E-state index in [0.29, 0.717) is 52.5 Å². The Morgan fingerprint density at radius 2 is 1.82 bits per heavy atom. The average molecular weight is 610 g/mol. The number of hydrogen-bond acceptors (Lipinski definition) is 9. The lowest BCUT2D eigenvalue weighted by Gasteiger charge is -2.26. The number of ether oxygens (including phenoxy) is 1. The number of para-hydroxylation sites is 1. The number of likely N-dealkylation sites (N-methyl/N-ethyl adjacent to an activating group) is 2. The highest BCUT2D eigenvalue weighted by Gasteiger charge is 2.35. The molecule has 0 aliphatic rings. The van der Waals surface area contributed by atoms with Crippen LogP contribution in [0, 0.1) is 0 Å². The molecule has 232 valence electrons. The van der Waals surface area contributed by atoms with Crippen molar-refractivity contribution >= 4 is 40.4 Å². The van der Waals surface area contributed by atoms with Crippen molar-refractivity contribution in [3.63, 3.8) is 0 Å². The number of nitrogens with one attached hydrogen (secondary N) is 3. The Kier molecular flexibility index (Phi) is 9.73. The molecule has 0 saturated heterocycles. The molecule has 1 amide bonds. The molecule has 0 spiro atoms. The molecule has 14 heteroatoms. The molecule has 0 unspecified atom stereocenters. The van der Waals surface area contributed by atoms with Gasteiger partial charge in [0.1, 0.15) is 17.1 Å². The first-order chi connectivity index (χ1) is 20.9. The number of carbonyl (C=O) groups is 1. The number of nitrogens with zero attached hydrogens (tertiary/aromatic N) is 6. The van der Waals surface area contributed by atoms with Crippen LogP contribution in [0.25, 0.3) is 11.3 Å². The number of hydrogen-bond donors (Lipinski definition) is 3. The third-order valence-electron chi connectivity index (χ3n) is 6.57. The number of aromatic nitrogens is 4. The van der Waals surface area contributed by atoms with Crippen molar-refractivity contribution in [3.8, 4) is 17.0 Å². The Bertz CT molecular complexity index is 1640. The van der Waals surface area contributed by atoms with Crippen LogP contribution in [0.2, 0.25) is 0 Å². The minimum Gasteiger partial charge on any atom is -0.494 e. The van der Waals surface area contributed by atoms with E-state index in [2.05, 4.69) is 37.6 Å². The minimum absolute atomic E-state index is 0.135. The standard InChI is InChI=1S/C30H34F3N9O2/c1-7-27(43)35-23-16-24(26(44-6)17-25(23)41(4)15-14-40(2)3)37-29-34-18-20(30(31,32)33)28(38-29)36-21-11-9-8-10-19(21)22-12-13-42(5)39-22/h7-13,16-18H,1,14-15H2,2-6H3,(H,35,43)(H2,34,36,37,38). The van der Waals surface area contributed by atoms with Gasteiger partial charge < -0.3 is 30.5 Å². The average Bonchev–Trinajstić information content (AvgIpc) is 3.41. The number of benzene rings is 2. The van der Waals surface area contributed by atoms with Gasteiger partial charge in [0.05, 0.1) is 29.9 Å². The van der Waals surface area contributed by atoms with Gasteiger partial charge >= 0.3 is 6.18 Å². The Hall–Kier alpha value is -5.11. The number of aryl methyl sites for hydroxylation is 1. The largest absolute Gasteiger partial charge is 0.494 e. The van der Waals surface area contributed by atoms with Crippen LogP contribution in [0.3, 0.4) is 0 Å². The maximum absolute atomic E-state index is 14.1. The SMILES string of the molecule is C=CC(=O)Nc1cc(Nc2ncc(C(F)(F)F)c(Nc3ccccc3-c3ccn(C)n3)n2)c(OC)cc1N(C)CCN(C)C. The number of amides is 1. The summed E-state index contributed by atoms with van der Waals surface area (Å²) < 4.78 is 49.4. The quantitative estimate of drug-likeness (QED) is 0.179. The highest BCUT2D eigenvalue weighted by Crippen LogP contribution is 2.40. The van der Waals surface area contributed by atoms with Crippen LogP contribution in [0.1, 0.15) is 5.56 Å². The van der Waals surface area contributed by atoms with E-state index in [9.17, 15) is 18.0 Å². The molecular weight excluding hydrogens is 575 g/mol. The fraction of sp³-hybridized carbons (Fsp3) is 0.267. The summed E-state index contributed by atoms with van der Waals surface area (Å²) in [4.78, 5) is 24.4. The lowest BCUT2D eigenvalue weighted by atomic mass is 10.1. The summed E-state index contributed by atoms with van der Waals surface area (Å²) in [5, 5.41) is 12.9. The monoisotopic (exact) mass is 609 g/mol. The van der Waals surface area contributed by atoms with Gasteiger partial charge in [-0.25, -0.2) is 4.98 Å². The lowest BCUT2D eigenvalue weighted by molar-refractivity contribution is -0.137. The van der Waals surface area contributed by atoms with Gasteiger partial charge in [0.2, 0.25) is 11.9 Å². The molecule has 0 aliphatic heterocycles. The smallest absolute Gasteiger partial charge is 0.421 e. The van der Waals surface area contributed by atoms with Gasteiger partial charge in [0, 0.05) is 56.9 Å². The van der Waals surface area contributed by atoms with Gasteiger partial charge in [-0.05, 0) is 38.4 Å². The molecule has 4 aromatic rings. The van der Waals surface area contributed by atoms with Crippen molar-refractivity contribution in [1.29, 1.82) is 0 Å². The van der Waals surface area contributed by atoms with E-state index in [0.717, 1.165) is 12.6 Å². The van der Waals surface area contributed by atoms with E-state index in [1.165, 1.54) is 7.11 Å². The molecule has 0 radical (unpaired) electrons. The Morgan fingerprint density at radius 1 is 1.07 bits per heavy atom. The van der Waals surface area contributed by atoms with Gasteiger partial charge in [-0.15, -0.1) is 0 Å². The molecular formula is C30H34F3N9O2. The second kappa shape index (κ2) is 13.5. The molecule has 0 bridgehead atoms. The third-order valence-corrected chi connectivity index (χ3v) is 6.57. The Morgan fingerprint density at radius 3 is 2.45 bits per heavy atom. The summed E-state index contributed by atoms with van der Waals surface area (Å²) in [6.07, 6.45) is -1.15. The summed E-state index contributed by atoms with van der Waals surface area (Å²) in [7, 11) is 8.98. The van der Waals surface area contributed by atoms with Crippen molar-refractivity contribution in [3.05, 3.63) is 73.1 Å². The van der Waals surface area contributed by atoms with E-state index in [4.69, 9.17) is 4.74 Å². The van der Waals surface area contributed by atoms with Crippen LogP contribution in [-0.2, 0) is 18.0 Å². The van der Waals surface area contributed by atoms with Crippen molar-refractivity contribution in [2.24, 2.45) is 7.05 Å². The van der Waals surface area contributed by atoms with Crippen molar-refractivity contribution in [1.82, 2.24) is 24.6 Å². The zero-order valence-electron chi connectivity index (χ0n) is 25.0. The van der Waals surface area contributed by atoms with E-state index in [1.54, 1.807) is 60.4 Å². The zero-order chi connectivity index (χ0) is 32.0. The second-order valence-electron chi connectivity index (χ2n) is 10.1. The molecule has 4 rings (SSSR count). The minimum atomic E-state index is -4.74. The second-order valence-corrected chi connectivity index (χ2v) is 10.1. The van der Waals surface area contributed by atoms with Crippen LogP contribution in [-0.4, -0.2) is 71.9 Å². The van der Waals surface area contributed by atoms with Crippen molar-refractivity contribution in [2.75, 3.05) is 62.2 Å². The van der Waals surface area contributed by atoms with Gasteiger partial charge in [-0.1, -0.05) is 24.8 Å². The predicted octanol–water partition coefficient (Wildman–Crippen LogP) is 5.51. The summed E-state index contributed by atoms with van der Waals surface area (Å²) in [6, 6.07) is 11.9. The highest BCUT2D eigenvalue weighted by atomic mass is 19.4. The first-order valence-electron chi connectivity index (χ1n) is 13.5. The molecule has 0 aliphatic carbocycles. The van der Waals surface area contributed by atoms with Gasteiger partial charge in [0.15, 0.2) is 0 Å². The summed E-state index contributed by atoms with van der Waals surface area (Å²) >= 11 is 0. The van der Waals surface area contributed by atoms with Crippen molar-refractivity contribution < 1.29 is 22.7 Å². The zero-order valence-corrected chi connectivity index (χ0v) is 25.0. The Balaban J connectivity index is 1.74. The highest BCUT2D eigenvalue weighted by molar-refractivity contribution is 6.02. The first-order valence-corrected chi connectivity index (χ1v) is 13.5. The van der Waals surface area contributed by atoms with Crippen LogP contribution in [0.5, 0.6) is 5.75 Å². The normalized spacial score (nSPS) is 11.3. The lowest BCUT2D eigenvalue weighted by Crippen LogP contribution is -2.29. The summed E-state index contributed by atoms with van der Waals surface area (Å²) in [5.41, 5.74) is 1.89. The number of carbonyl (C=O) groups excluding carboxylic acids is 1. The van der Waals surface area contributed by atoms with E-state index < -0.39 is 23.5 Å². The Labute approximate surface area is 253 Å². The molecule has 3 N–H and O–H groups in total. The van der Waals surface area contributed by atoms with Crippen LogP contribution >= 0.6 is 0 Å². The maximum Gasteiger partial charge on any atom is 0.421 e. The first kappa shape index (κ1) is 31.8. The van der Waals surface area contributed by atoms with E-state index >= 15 is 0 Å². The molecule has 2 aromatic carbocycles. The topological polar surface area (TPSA) is 112 Å². The number of halogens is 3. The molecule has 0 atom stereocenters. The molecule has 2 aromatic heterocycles. The number of rotatable bonds is 12. The summed E-state index contributed by atoms with van der Waals surface area (Å²) in [6.45, 7) is 4.90. The van der Waals surface area contributed by atoms with Crippen molar-refractivity contribution in [2.45, 2.75) is 6.18 Å². The molecule has 0 fully saturated rings. The van der Waals surface area contributed by atoms with Gasteiger partial charge in [-0.2, -0.15) is 23.3 Å². The summed E-state index contributed by atoms with van der Waals surface area (Å²) in [5.74, 6) is -0.680. The predicted molar refractivity (Wildman–Crippen MR) is 166 cm³/mol. The van der Waals surface area contributed by atoms with E-state index in [1.807, 2.05) is 30.9 Å².